The molecule has 6 nitrogen and oxygen atoms in total. The van der Waals surface area contributed by atoms with Gasteiger partial charge in [-0.2, -0.15) is 0 Å². The van der Waals surface area contributed by atoms with Crippen molar-refractivity contribution < 1.29 is 18.7 Å². The Morgan fingerprint density at radius 1 is 1.26 bits per heavy atom. The van der Waals surface area contributed by atoms with E-state index in [1.165, 1.54) is 0 Å². The van der Waals surface area contributed by atoms with Gasteiger partial charge in [0.1, 0.15) is 5.76 Å². The van der Waals surface area contributed by atoms with Gasteiger partial charge in [-0.25, -0.2) is 4.98 Å². The van der Waals surface area contributed by atoms with Gasteiger partial charge in [-0.05, 0) is 24.3 Å². The molecule has 0 saturated carbocycles. The van der Waals surface area contributed by atoms with E-state index in [9.17, 15) is 4.79 Å². The number of nitrogens with zero attached hydrogens (tertiary/aromatic N) is 1. The van der Waals surface area contributed by atoms with Crippen LogP contribution in [0.15, 0.2) is 34.9 Å². The fraction of sp³-hybridized carbons (Fsp3) is 0.412. The zero-order chi connectivity index (χ0) is 16.2. The molecule has 1 aromatic heterocycles. The van der Waals surface area contributed by atoms with E-state index in [2.05, 4.69) is 24.1 Å². The third-order valence-corrected chi connectivity index (χ3v) is 3.60. The third kappa shape index (κ3) is 3.78. The van der Waals surface area contributed by atoms with E-state index in [1.807, 2.05) is 24.3 Å². The van der Waals surface area contributed by atoms with Crippen LogP contribution in [0.1, 0.15) is 25.5 Å². The number of carbonyl (C=O) groups excluding carboxylic acids is 1. The Morgan fingerprint density at radius 3 is 2.65 bits per heavy atom. The van der Waals surface area contributed by atoms with E-state index in [4.69, 9.17) is 13.9 Å². The molecule has 2 aromatic rings. The first-order chi connectivity index (χ1) is 11.1. The Kier molecular flexibility index (Phi) is 4.73. The summed E-state index contributed by atoms with van der Waals surface area (Å²) in [5.41, 5.74) is 1.57. The Balaban J connectivity index is 1.65. The predicted octanol–water partition coefficient (Wildman–Crippen LogP) is 2.82. The summed E-state index contributed by atoms with van der Waals surface area (Å²) in [4.78, 5) is 16.3. The minimum absolute atomic E-state index is 0.198. The molecule has 1 aliphatic heterocycles. The van der Waals surface area contributed by atoms with Gasteiger partial charge in [-0.15, -0.1) is 0 Å². The normalized spacial score (nSPS) is 18.1. The summed E-state index contributed by atoms with van der Waals surface area (Å²) in [5, 5.41) is 2.82. The van der Waals surface area contributed by atoms with Gasteiger partial charge in [-0.3, -0.25) is 4.79 Å². The second kappa shape index (κ2) is 6.93. The van der Waals surface area contributed by atoms with Crippen LogP contribution in [0.3, 0.4) is 0 Å². The number of anilines is 1. The highest BCUT2D eigenvalue weighted by Crippen LogP contribution is 2.24. The van der Waals surface area contributed by atoms with E-state index in [-0.39, 0.29) is 12.5 Å². The van der Waals surface area contributed by atoms with Crippen molar-refractivity contribution in [2.75, 3.05) is 25.1 Å². The van der Waals surface area contributed by atoms with Gasteiger partial charge >= 0.3 is 0 Å². The number of benzene rings is 1. The Labute approximate surface area is 134 Å². The molecule has 2 heterocycles. The number of aromatic nitrogens is 1. The van der Waals surface area contributed by atoms with Crippen molar-refractivity contribution in [2.24, 2.45) is 0 Å². The number of oxazole rings is 1. The van der Waals surface area contributed by atoms with Crippen LogP contribution in [0, 0.1) is 0 Å². The highest BCUT2D eigenvalue weighted by atomic mass is 16.6. The van der Waals surface area contributed by atoms with Crippen molar-refractivity contribution in [1.82, 2.24) is 4.98 Å². The smallest absolute Gasteiger partial charge is 0.255 e. The van der Waals surface area contributed by atoms with Gasteiger partial charge in [-0.1, -0.05) is 13.8 Å². The molecule has 0 unspecified atom stereocenters. The quantitative estimate of drug-likeness (QED) is 0.939. The van der Waals surface area contributed by atoms with Crippen molar-refractivity contribution in [1.29, 1.82) is 0 Å². The van der Waals surface area contributed by atoms with Crippen LogP contribution in [-0.2, 0) is 14.3 Å². The first-order valence-corrected chi connectivity index (χ1v) is 7.70. The summed E-state index contributed by atoms with van der Waals surface area (Å²) in [6, 6.07) is 7.36. The second-order valence-corrected chi connectivity index (χ2v) is 5.72. The summed E-state index contributed by atoms with van der Waals surface area (Å²) in [5.74, 6) is 1.53. The zero-order valence-electron chi connectivity index (χ0n) is 13.2. The van der Waals surface area contributed by atoms with Crippen molar-refractivity contribution in [3.8, 4) is 11.5 Å². The molecule has 6 heteroatoms. The molecule has 122 valence electrons. The fourth-order valence-electron chi connectivity index (χ4n) is 2.25. The van der Waals surface area contributed by atoms with Crippen LogP contribution in [0.25, 0.3) is 11.5 Å². The summed E-state index contributed by atoms with van der Waals surface area (Å²) in [6.07, 6.45) is 1.19. The average Bonchev–Trinajstić information content (AvgIpc) is 3.07. The Hall–Kier alpha value is -2.18. The van der Waals surface area contributed by atoms with E-state index in [0.29, 0.717) is 30.7 Å². The van der Waals surface area contributed by atoms with Gasteiger partial charge in [0.15, 0.2) is 6.10 Å². The third-order valence-electron chi connectivity index (χ3n) is 3.60. The van der Waals surface area contributed by atoms with Crippen LogP contribution >= 0.6 is 0 Å². The summed E-state index contributed by atoms with van der Waals surface area (Å²) in [6.45, 7) is 5.38. The van der Waals surface area contributed by atoms with Crippen molar-refractivity contribution in [3.05, 3.63) is 36.2 Å². The number of nitrogens with one attached hydrogen (secondary N) is 1. The van der Waals surface area contributed by atoms with Gasteiger partial charge in [0.25, 0.3) is 5.91 Å². The van der Waals surface area contributed by atoms with Gasteiger partial charge in [0, 0.05) is 17.2 Å². The molecule has 1 aromatic carbocycles. The highest BCUT2D eigenvalue weighted by Gasteiger charge is 2.22. The van der Waals surface area contributed by atoms with E-state index in [1.54, 1.807) is 6.20 Å². The molecular weight excluding hydrogens is 296 g/mol. The molecule has 1 aliphatic rings. The summed E-state index contributed by atoms with van der Waals surface area (Å²) in [7, 11) is 0. The van der Waals surface area contributed by atoms with Crippen molar-refractivity contribution in [3.63, 3.8) is 0 Å². The van der Waals surface area contributed by atoms with E-state index in [0.717, 1.165) is 11.3 Å². The molecule has 1 fully saturated rings. The predicted molar refractivity (Wildman–Crippen MR) is 85.2 cm³/mol. The molecule has 23 heavy (non-hydrogen) atoms. The molecule has 0 spiro atoms. The number of hydrogen-bond donors (Lipinski definition) is 1. The lowest BCUT2D eigenvalue weighted by Gasteiger charge is -2.22. The Morgan fingerprint density at radius 2 is 2.04 bits per heavy atom. The van der Waals surface area contributed by atoms with Crippen LogP contribution in [0.5, 0.6) is 0 Å². The maximum Gasteiger partial charge on any atom is 0.255 e. The first-order valence-electron chi connectivity index (χ1n) is 7.70. The van der Waals surface area contributed by atoms with Crippen LogP contribution in [-0.4, -0.2) is 36.8 Å². The van der Waals surface area contributed by atoms with Gasteiger partial charge in [0.2, 0.25) is 5.89 Å². The second-order valence-electron chi connectivity index (χ2n) is 5.72. The largest absolute Gasteiger partial charge is 0.441 e. The van der Waals surface area contributed by atoms with Crippen LogP contribution in [0.2, 0.25) is 0 Å². The molecule has 1 saturated heterocycles. The lowest BCUT2D eigenvalue weighted by Crippen LogP contribution is -2.39. The molecule has 1 N–H and O–H groups in total. The molecular formula is C17H20N2O4. The zero-order valence-corrected chi connectivity index (χ0v) is 13.2. The highest BCUT2D eigenvalue weighted by molar-refractivity contribution is 5.94. The molecule has 1 amide bonds. The SMILES string of the molecule is CC(C)c1cnc(-c2ccc(NC(=O)[C@H]3COCCO3)cc2)o1. The maximum absolute atomic E-state index is 12.1. The first kappa shape index (κ1) is 15.7. The molecule has 0 aliphatic carbocycles. The monoisotopic (exact) mass is 316 g/mol. The maximum atomic E-state index is 12.1. The molecule has 1 atom stereocenters. The van der Waals surface area contributed by atoms with Crippen LogP contribution in [0.4, 0.5) is 5.69 Å². The minimum atomic E-state index is -0.552. The molecule has 3 rings (SSSR count). The topological polar surface area (TPSA) is 73.6 Å². The minimum Gasteiger partial charge on any atom is -0.441 e. The summed E-state index contributed by atoms with van der Waals surface area (Å²) >= 11 is 0. The van der Waals surface area contributed by atoms with E-state index >= 15 is 0 Å². The number of amides is 1. The summed E-state index contributed by atoms with van der Waals surface area (Å²) < 4.78 is 16.3. The number of hydrogen-bond acceptors (Lipinski definition) is 5. The molecule has 0 radical (unpaired) electrons. The number of ether oxygens (including phenoxy) is 2. The lowest BCUT2D eigenvalue weighted by atomic mass is 10.2. The molecule has 0 bridgehead atoms. The Bertz CT molecular complexity index is 657. The lowest BCUT2D eigenvalue weighted by molar-refractivity contribution is -0.142. The van der Waals surface area contributed by atoms with Crippen LogP contribution < -0.4 is 5.32 Å². The van der Waals surface area contributed by atoms with Crippen molar-refractivity contribution >= 4 is 11.6 Å². The van der Waals surface area contributed by atoms with E-state index < -0.39 is 6.10 Å². The van der Waals surface area contributed by atoms with Crippen molar-refractivity contribution in [2.45, 2.75) is 25.9 Å². The fourth-order valence-corrected chi connectivity index (χ4v) is 2.25. The number of rotatable bonds is 4. The standard InChI is InChI=1S/C17H20N2O4/c1-11(2)14-9-18-17(23-14)12-3-5-13(6-4-12)19-16(20)15-10-21-7-8-22-15/h3-6,9,11,15H,7-8,10H2,1-2H3,(H,19,20)/t15-/m1/s1. The van der Waals surface area contributed by atoms with Gasteiger partial charge in [0.05, 0.1) is 26.0 Å². The van der Waals surface area contributed by atoms with Gasteiger partial charge < -0.3 is 19.2 Å². The number of carbonyl (C=O) groups is 1. The average molecular weight is 316 g/mol.